The highest BCUT2D eigenvalue weighted by Crippen LogP contribution is 2.37. The standard InChI is InChI=1S/C12H23N/c1-12(2)7-5-11(9-12)13-8-6-10-3-4-10/h10-11,13H,3-9H2,1-2H3. The van der Waals surface area contributed by atoms with Crippen LogP contribution in [-0.2, 0) is 0 Å². The van der Waals surface area contributed by atoms with Crippen LogP contribution in [0.3, 0.4) is 0 Å². The van der Waals surface area contributed by atoms with E-state index in [1.54, 1.807) is 0 Å². The molecule has 0 saturated heterocycles. The second-order valence-electron chi connectivity index (χ2n) is 5.79. The first-order valence-corrected chi connectivity index (χ1v) is 5.89. The third-order valence-electron chi connectivity index (χ3n) is 3.65. The van der Waals surface area contributed by atoms with Crippen LogP contribution in [0.1, 0.15) is 52.4 Å². The number of rotatable bonds is 4. The van der Waals surface area contributed by atoms with Crippen LogP contribution in [0.4, 0.5) is 0 Å². The fourth-order valence-corrected chi connectivity index (χ4v) is 2.51. The predicted molar refractivity (Wildman–Crippen MR) is 56.8 cm³/mol. The predicted octanol–water partition coefficient (Wildman–Crippen LogP) is 2.95. The summed E-state index contributed by atoms with van der Waals surface area (Å²) in [7, 11) is 0. The molecule has 2 aliphatic rings. The molecule has 1 unspecified atom stereocenters. The van der Waals surface area contributed by atoms with Crippen molar-refractivity contribution in [1.29, 1.82) is 0 Å². The van der Waals surface area contributed by atoms with Crippen molar-refractivity contribution in [3.8, 4) is 0 Å². The highest BCUT2D eigenvalue weighted by Gasteiger charge is 2.30. The summed E-state index contributed by atoms with van der Waals surface area (Å²) in [6.45, 7) is 6.07. The second kappa shape index (κ2) is 3.61. The molecule has 2 aliphatic carbocycles. The molecule has 0 radical (unpaired) electrons. The molecule has 0 bridgehead atoms. The molecule has 0 aromatic carbocycles. The summed E-state index contributed by atoms with van der Waals surface area (Å²) < 4.78 is 0. The number of nitrogens with one attached hydrogen (secondary N) is 1. The van der Waals surface area contributed by atoms with E-state index in [1.165, 1.54) is 45.1 Å². The van der Waals surface area contributed by atoms with Gasteiger partial charge in [-0.15, -0.1) is 0 Å². The third kappa shape index (κ3) is 2.98. The maximum atomic E-state index is 3.71. The van der Waals surface area contributed by atoms with Gasteiger partial charge in [0.15, 0.2) is 0 Å². The van der Waals surface area contributed by atoms with Crippen molar-refractivity contribution in [1.82, 2.24) is 5.32 Å². The van der Waals surface area contributed by atoms with Gasteiger partial charge < -0.3 is 5.32 Å². The molecule has 1 heteroatoms. The molecule has 2 saturated carbocycles. The van der Waals surface area contributed by atoms with Crippen LogP contribution in [0.25, 0.3) is 0 Å². The maximum absolute atomic E-state index is 3.71. The Kier molecular flexibility index (Phi) is 2.64. The molecule has 1 nitrogen and oxygen atoms in total. The van der Waals surface area contributed by atoms with Gasteiger partial charge in [0.2, 0.25) is 0 Å². The monoisotopic (exact) mass is 181 g/mol. The summed E-state index contributed by atoms with van der Waals surface area (Å²) in [5.41, 5.74) is 0.608. The van der Waals surface area contributed by atoms with Gasteiger partial charge in [-0.05, 0) is 43.6 Å². The topological polar surface area (TPSA) is 12.0 Å². The van der Waals surface area contributed by atoms with E-state index in [2.05, 4.69) is 19.2 Å². The minimum absolute atomic E-state index is 0.608. The maximum Gasteiger partial charge on any atom is 0.00723 e. The smallest absolute Gasteiger partial charge is 0.00723 e. The highest BCUT2D eigenvalue weighted by molar-refractivity contribution is 4.86. The van der Waals surface area contributed by atoms with E-state index in [1.807, 2.05) is 0 Å². The van der Waals surface area contributed by atoms with Crippen molar-refractivity contribution in [2.75, 3.05) is 6.54 Å². The van der Waals surface area contributed by atoms with Gasteiger partial charge >= 0.3 is 0 Å². The van der Waals surface area contributed by atoms with Gasteiger partial charge in [0, 0.05) is 6.04 Å². The molecule has 13 heavy (non-hydrogen) atoms. The van der Waals surface area contributed by atoms with Gasteiger partial charge in [0.25, 0.3) is 0 Å². The van der Waals surface area contributed by atoms with Crippen LogP contribution in [0.2, 0.25) is 0 Å². The second-order valence-corrected chi connectivity index (χ2v) is 5.79. The average molecular weight is 181 g/mol. The lowest BCUT2D eigenvalue weighted by atomic mass is 9.92. The zero-order valence-corrected chi connectivity index (χ0v) is 9.10. The molecule has 0 aliphatic heterocycles. The van der Waals surface area contributed by atoms with Gasteiger partial charge in [-0.25, -0.2) is 0 Å². The van der Waals surface area contributed by atoms with E-state index >= 15 is 0 Å². The quantitative estimate of drug-likeness (QED) is 0.703. The van der Waals surface area contributed by atoms with Crippen LogP contribution in [-0.4, -0.2) is 12.6 Å². The van der Waals surface area contributed by atoms with Gasteiger partial charge in [0.1, 0.15) is 0 Å². The Morgan fingerprint density at radius 1 is 1.23 bits per heavy atom. The Bertz CT molecular complexity index is 170. The van der Waals surface area contributed by atoms with Crippen molar-refractivity contribution in [2.24, 2.45) is 11.3 Å². The number of hydrogen-bond acceptors (Lipinski definition) is 1. The van der Waals surface area contributed by atoms with Gasteiger partial charge in [-0.2, -0.15) is 0 Å². The Morgan fingerprint density at radius 2 is 2.00 bits per heavy atom. The summed E-state index contributed by atoms with van der Waals surface area (Å²) in [6, 6.07) is 0.828. The Morgan fingerprint density at radius 3 is 2.54 bits per heavy atom. The zero-order valence-electron chi connectivity index (χ0n) is 9.10. The Balaban J connectivity index is 1.59. The average Bonchev–Trinajstić information content (AvgIpc) is 2.78. The normalized spacial score (nSPS) is 32.3. The highest BCUT2D eigenvalue weighted by atomic mass is 14.9. The molecule has 2 rings (SSSR count). The van der Waals surface area contributed by atoms with E-state index in [9.17, 15) is 0 Å². The molecule has 2 fully saturated rings. The lowest BCUT2D eigenvalue weighted by Gasteiger charge is -2.17. The molecule has 0 amide bonds. The molecular formula is C12H23N. The molecule has 1 N–H and O–H groups in total. The zero-order chi connectivity index (χ0) is 9.31. The van der Waals surface area contributed by atoms with E-state index < -0.39 is 0 Å². The third-order valence-corrected chi connectivity index (χ3v) is 3.65. The van der Waals surface area contributed by atoms with Crippen molar-refractivity contribution in [3.63, 3.8) is 0 Å². The van der Waals surface area contributed by atoms with Gasteiger partial charge in [0.05, 0.1) is 0 Å². The first-order chi connectivity index (χ1) is 6.16. The fourth-order valence-electron chi connectivity index (χ4n) is 2.51. The molecule has 0 heterocycles. The van der Waals surface area contributed by atoms with E-state index in [0.717, 1.165) is 12.0 Å². The van der Waals surface area contributed by atoms with Crippen LogP contribution in [0.5, 0.6) is 0 Å². The lowest BCUT2D eigenvalue weighted by Crippen LogP contribution is -2.28. The van der Waals surface area contributed by atoms with Crippen molar-refractivity contribution in [2.45, 2.75) is 58.4 Å². The first-order valence-electron chi connectivity index (χ1n) is 5.89. The Labute approximate surface area is 82.3 Å². The summed E-state index contributed by atoms with van der Waals surface area (Å²) in [4.78, 5) is 0. The SMILES string of the molecule is CC1(C)CCC(NCCC2CC2)C1. The minimum Gasteiger partial charge on any atom is -0.314 e. The largest absolute Gasteiger partial charge is 0.314 e. The molecule has 0 aromatic heterocycles. The van der Waals surface area contributed by atoms with Crippen LogP contribution >= 0.6 is 0 Å². The summed E-state index contributed by atoms with van der Waals surface area (Å²) in [5, 5.41) is 3.71. The molecule has 0 aromatic rings. The summed E-state index contributed by atoms with van der Waals surface area (Å²) in [5.74, 6) is 1.09. The molecule has 1 atom stereocenters. The molecule has 0 spiro atoms. The number of hydrogen-bond donors (Lipinski definition) is 1. The lowest BCUT2D eigenvalue weighted by molar-refractivity contribution is 0.363. The minimum atomic E-state index is 0.608. The van der Waals surface area contributed by atoms with Crippen LogP contribution in [0.15, 0.2) is 0 Å². The van der Waals surface area contributed by atoms with E-state index in [-0.39, 0.29) is 0 Å². The molecule has 76 valence electrons. The van der Waals surface area contributed by atoms with E-state index in [0.29, 0.717) is 5.41 Å². The summed E-state index contributed by atoms with van der Waals surface area (Å²) >= 11 is 0. The van der Waals surface area contributed by atoms with Crippen LogP contribution in [0, 0.1) is 11.3 Å². The fraction of sp³-hybridized carbons (Fsp3) is 1.00. The van der Waals surface area contributed by atoms with Crippen molar-refractivity contribution in [3.05, 3.63) is 0 Å². The first kappa shape index (κ1) is 9.51. The van der Waals surface area contributed by atoms with Gasteiger partial charge in [-0.1, -0.05) is 26.7 Å². The van der Waals surface area contributed by atoms with Gasteiger partial charge in [-0.3, -0.25) is 0 Å². The molecular weight excluding hydrogens is 158 g/mol. The van der Waals surface area contributed by atoms with Crippen LogP contribution < -0.4 is 5.32 Å². The summed E-state index contributed by atoms with van der Waals surface area (Å²) in [6.07, 6.45) is 8.62. The van der Waals surface area contributed by atoms with Crippen molar-refractivity contribution < 1.29 is 0 Å². The van der Waals surface area contributed by atoms with Crippen molar-refractivity contribution >= 4 is 0 Å². The van der Waals surface area contributed by atoms with E-state index in [4.69, 9.17) is 0 Å². The Hall–Kier alpha value is -0.0400.